The van der Waals surface area contributed by atoms with Crippen LogP contribution in [0, 0.1) is 11.8 Å². The fourth-order valence-electron chi connectivity index (χ4n) is 3.30. The summed E-state index contributed by atoms with van der Waals surface area (Å²) in [7, 11) is 0. The zero-order valence-corrected chi connectivity index (χ0v) is 11.1. The molecule has 1 spiro atoms. The van der Waals surface area contributed by atoms with Gasteiger partial charge in [-0.05, 0) is 31.6 Å². The first-order valence-electron chi connectivity index (χ1n) is 7.31. The fourth-order valence-corrected chi connectivity index (χ4v) is 3.30. The summed E-state index contributed by atoms with van der Waals surface area (Å²) in [6.07, 6.45) is 6.92. The Bertz CT molecular complexity index is 245. The van der Waals surface area contributed by atoms with Crippen LogP contribution < -0.4 is 0 Å². The topological polar surface area (TPSA) is 36.9 Å². The number of hydrogen-bond donors (Lipinski definition) is 0. The minimum Gasteiger partial charge on any atom is -0.355 e. The molecule has 1 unspecified atom stereocenters. The van der Waals surface area contributed by atoms with Crippen molar-refractivity contribution >= 4 is 0 Å². The summed E-state index contributed by atoms with van der Waals surface area (Å²) in [5.74, 6) is 0.837. The van der Waals surface area contributed by atoms with E-state index in [1.165, 1.54) is 12.8 Å². The Morgan fingerprint density at radius 3 is 2.33 bits per heavy atom. The molecule has 2 aliphatic heterocycles. The molecule has 4 heteroatoms. The molecular weight excluding hydrogens is 232 g/mol. The van der Waals surface area contributed by atoms with Crippen LogP contribution in [-0.2, 0) is 18.9 Å². The van der Waals surface area contributed by atoms with Crippen LogP contribution >= 0.6 is 0 Å². The zero-order chi connectivity index (χ0) is 12.3. The van der Waals surface area contributed by atoms with Gasteiger partial charge in [-0.25, -0.2) is 0 Å². The van der Waals surface area contributed by atoms with E-state index >= 15 is 0 Å². The fraction of sp³-hybridized carbons (Fsp3) is 1.00. The summed E-state index contributed by atoms with van der Waals surface area (Å²) in [5, 5.41) is 0. The molecule has 0 amide bonds. The van der Waals surface area contributed by atoms with Gasteiger partial charge in [0.2, 0.25) is 0 Å². The van der Waals surface area contributed by atoms with Crippen LogP contribution in [0.5, 0.6) is 0 Å². The van der Waals surface area contributed by atoms with Gasteiger partial charge >= 0.3 is 0 Å². The molecule has 0 aromatic heterocycles. The lowest BCUT2D eigenvalue weighted by atomic mass is 9.89. The molecule has 2 heterocycles. The molecule has 0 aromatic rings. The van der Waals surface area contributed by atoms with Crippen LogP contribution in [-0.4, -0.2) is 39.0 Å². The lowest BCUT2D eigenvalue weighted by molar-refractivity contribution is -0.286. The number of hydrogen-bond acceptors (Lipinski definition) is 4. The van der Waals surface area contributed by atoms with Gasteiger partial charge in [-0.15, -0.1) is 0 Å². The summed E-state index contributed by atoms with van der Waals surface area (Å²) in [4.78, 5) is 0. The Balaban J connectivity index is 1.51. The maximum absolute atomic E-state index is 6.06. The Morgan fingerprint density at radius 2 is 1.56 bits per heavy atom. The third-order valence-corrected chi connectivity index (χ3v) is 4.52. The third-order valence-electron chi connectivity index (χ3n) is 4.52. The van der Waals surface area contributed by atoms with Crippen molar-refractivity contribution in [1.29, 1.82) is 0 Å². The second-order valence-corrected chi connectivity index (χ2v) is 5.80. The van der Waals surface area contributed by atoms with Gasteiger partial charge in [-0.3, -0.25) is 0 Å². The first kappa shape index (κ1) is 12.9. The Labute approximate surface area is 109 Å². The van der Waals surface area contributed by atoms with Crippen LogP contribution in [0.2, 0.25) is 0 Å². The maximum Gasteiger partial charge on any atom is 0.168 e. The average molecular weight is 256 g/mol. The highest BCUT2D eigenvalue weighted by atomic mass is 16.7. The molecule has 0 aromatic carbocycles. The Hall–Kier alpha value is -0.160. The van der Waals surface area contributed by atoms with E-state index in [0.29, 0.717) is 18.6 Å². The van der Waals surface area contributed by atoms with E-state index in [9.17, 15) is 0 Å². The second-order valence-electron chi connectivity index (χ2n) is 5.80. The number of ether oxygens (including phenoxy) is 4. The van der Waals surface area contributed by atoms with Crippen molar-refractivity contribution in [3.63, 3.8) is 0 Å². The third kappa shape index (κ3) is 2.87. The van der Waals surface area contributed by atoms with E-state index in [4.69, 9.17) is 18.9 Å². The van der Waals surface area contributed by atoms with Crippen molar-refractivity contribution in [3.05, 3.63) is 0 Å². The smallest absolute Gasteiger partial charge is 0.168 e. The first-order chi connectivity index (χ1) is 8.88. The molecule has 0 N–H and O–H groups in total. The lowest BCUT2D eigenvalue weighted by Gasteiger charge is -2.40. The first-order valence-corrected chi connectivity index (χ1v) is 7.31. The van der Waals surface area contributed by atoms with Gasteiger partial charge in [-0.2, -0.15) is 0 Å². The Morgan fingerprint density at radius 1 is 0.778 bits per heavy atom. The van der Waals surface area contributed by atoms with E-state index in [0.717, 1.165) is 52.1 Å². The summed E-state index contributed by atoms with van der Waals surface area (Å²) >= 11 is 0. The molecule has 1 saturated carbocycles. The van der Waals surface area contributed by atoms with Crippen molar-refractivity contribution in [2.24, 2.45) is 11.8 Å². The molecule has 1 aliphatic carbocycles. The van der Waals surface area contributed by atoms with E-state index < -0.39 is 0 Å². The predicted octanol–water partition coefficient (Wildman–Crippen LogP) is 2.32. The van der Waals surface area contributed by atoms with Crippen LogP contribution in [0.4, 0.5) is 0 Å². The van der Waals surface area contributed by atoms with Crippen molar-refractivity contribution < 1.29 is 18.9 Å². The molecule has 104 valence electrons. The van der Waals surface area contributed by atoms with Gasteiger partial charge in [0.25, 0.3) is 0 Å². The molecule has 3 fully saturated rings. The molecule has 4 nitrogen and oxygen atoms in total. The van der Waals surface area contributed by atoms with Gasteiger partial charge in [-0.1, -0.05) is 0 Å². The summed E-state index contributed by atoms with van der Waals surface area (Å²) in [6.45, 7) is 3.72. The minimum atomic E-state index is -0.220. The molecule has 2 saturated heterocycles. The van der Waals surface area contributed by atoms with Crippen molar-refractivity contribution in [3.8, 4) is 0 Å². The molecule has 3 rings (SSSR count). The molecule has 0 bridgehead atoms. The maximum atomic E-state index is 6.06. The largest absolute Gasteiger partial charge is 0.355 e. The summed E-state index contributed by atoms with van der Waals surface area (Å²) in [5.41, 5.74) is 0. The van der Waals surface area contributed by atoms with Crippen LogP contribution in [0.1, 0.15) is 38.5 Å². The standard InChI is InChI=1S/C14H24O4/c1-2-6-14(5-1)17-9-13(10-18-14)12-4-3-7-15-11-16-8-12/h12-13H,1-11H2. The molecule has 18 heavy (non-hydrogen) atoms. The second kappa shape index (κ2) is 5.87. The monoisotopic (exact) mass is 256 g/mol. The highest BCUT2D eigenvalue weighted by Crippen LogP contribution is 2.39. The van der Waals surface area contributed by atoms with Gasteiger partial charge in [0.1, 0.15) is 6.79 Å². The highest BCUT2D eigenvalue weighted by molar-refractivity contribution is 4.83. The quantitative estimate of drug-likeness (QED) is 0.721. The van der Waals surface area contributed by atoms with Crippen molar-refractivity contribution in [1.82, 2.24) is 0 Å². The predicted molar refractivity (Wildman–Crippen MR) is 66.1 cm³/mol. The van der Waals surface area contributed by atoms with E-state index in [1.54, 1.807) is 0 Å². The average Bonchev–Trinajstić information content (AvgIpc) is 2.79. The zero-order valence-electron chi connectivity index (χ0n) is 11.1. The molecule has 0 radical (unpaired) electrons. The molecular formula is C14H24O4. The van der Waals surface area contributed by atoms with E-state index in [1.807, 2.05) is 0 Å². The van der Waals surface area contributed by atoms with Crippen LogP contribution in [0.25, 0.3) is 0 Å². The van der Waals surface area contributed by atoms with Crippen molar-refractivity contribution in [2.75, 3.05) is 33.2 Å². The van der Waals surface area contributed by atoms with Crippen LogP contribution in [0.15, 0.2) is 0 Å². The van der Waals surface area contributed by atoms with Crippen molar-refractivity contribution in [2.45, 2.75) is 44.3 Å². The highest BCUT2D eigenvalue weighted by Gasteiger charge is 2.41. The summed E-state index contributed by atoms with van der Waals surface area (Å²) < 4.78 is 22.9. The van der Waals surface area contributed by atoms with Gasteiger partial charge in [0.15, 0.2) is 5.79 Å². The lowest BCUT2D eigenvalue weighted by Crippen LogP contribution is -2.45. The van der Waals surface area contributed by atoms with Gasteiger partial charge < -0.3 is 18.9 Å². The molecule has 1 atom stereocenters. The summed E-state index contributed by atoms with van der Waals surface area (Å²) in [6, 6.07) is 0. The van der Waals surface area contributed by atoms with Gasteiger partial charge in [0, 0.05) is 25.4 Å². The SMILES string of the molecule is C1COCOCC(C2COC3(CCCC3)OC2)C1. The van der Waals surface area contributed by atoms with Gasteiger partial charge in [0.05, 0.1) is 19.8 Å². The Kier molecular flexibility index (Phi) is 4.19. The number of rotatable bonds is 1. The van der Waals surface area contributed by atoms with Crippen LogP contribution in [0.3, 0.4) is 0 Å². The van der Waals surface area contributed by atoms with E-state index in [-0.39, 0.29) is 5.79 Å². The normalized spacial score (nSPS) is 34.3. The minimum absolute atomic E-state index is 0.220. The van der Waals surface area contributed by atoms with E-state index in [2.05, 4.69) is 0 Å². The molecule has 3 aliphatic rings.